The van der Waals surface area contributed by atoms with E-state index >= 15 is 0 Å². The monoisotopic (exact) mass is 465 g/mol. The number of carbonyl (C=O) groups excluding carboxylic acids is 1. The van der Waals surface area contributed by atoms with Crippen LogP contribution in [-0.2, 0) is 32.6 Å². The van der Waals surface area contributed by atoms with E-state index in [9.17, 15) is 13.2 Å². The smallest absolute Gasteiger partial charge is 0.259 e. The number of likely N-dealkylation sites (N-methyl/N-ethyl adjacent to an activating group) is 1. The molecule has 0 saturated carbocycles. The van der Waals surface area contributed by atoms with Crippen molar-refractivity contribution in [3.8, 4) is 17.1 Å². The van der Waals surface area contributed by atoms with E-state index in [1.807, 2.05) is 23.1 Å². The fourth-order valence-corrected chi connectivity index (χ4v) is 5.55. The lowest BCUT2D eigenvalue weighted by Gasteiger charge is -2.22. The predicted molar refractivity (Wildman–Crippen MR) is 123 cm³/mol. The molecule has 1 aromatic carbocycles. The molecule has 5 rings (SSSR count). The number of amides is 1. The first kappa shape index (κ1) is 21.3. The Hall–Kier alpha value is -3.53. The maximum Gasteiger partial charge on any atom is 0.259 e. The predicted octanol–water partition coefficient (Wildman–Crippen LogP) is 2.13. The van der Waals surface area contributed by atoms with Crippen LogP contribution in [0, 0.1) is 0 Å². The molecule has 0 fully saturated rings. The van der Waals surface area contributed by atoms with Crippen molar-refractivity contribution >= 4 is 27.2 Å². The molecule has 9 nitrogen and oxygen atoms in total. The van der Waals surface area contributed by atoms with Crippen molar-refractivity contribution < 1.29 is 17.9 Å². The molecule has 0 N–H and O–H groups in total. The maximum absolute atomic E-state index is 12.5. The SMILES string of the molecule is CN(C)C(=O)COc1ccc2c(c1)N(c1nc(-c3ccncc3)nc3c1CS(=O)(=O)C3)CC2. The molecule has 0 atom stereocenters. The molecule has 0 unspecified atom stereocenters. The summed E-state index contributed by atoms with van der Waals surface area (Å²) in [5.41, 5.74) is 3.98. The van der Waals surface area contributed by atoms with Gasteiger partial charge in [0.1, 0.15) is 11.6 Å². The van der Waals surface area contributed by atoms with E-state index in [1.165, 1.54) is 4.90 Å². The standard InChI is InChI=1S/C23H23N5O4S/c1-27(2)21(29)12-32-17-4-3-15-7-10-28(20(15)11-17)23-18-13-33(30,31)14-19(18)25-22(26-23)16-5-8-24-9-6-16/h3-6,8-9,11H,7,10,12-14H2,1-2H3. The van der Waals surface area contributed by atoms with Crippen molar-refractivity contribution in [3.05, 3.63) is 59.5 Å². The van der Waals surface area contributed by atoms with Gasteiger partial charge in [0.05, 0.1) is 17.2 Å². The van der Waals surface area contributed by atoms with Gasteiger partial charge in [0.15, 0.2) is 22.3 Å². The average Bonchev–Trinajstić information content (AvgIpc) is 3.35. The van der Waals surface area contributed by atoms with Gasteiger partial charge in [-0.1, -0.05) is 6.07 Å². The Balaban J connectivity index is 1.55. The van der Waals surface area contributed by atoms with Crippen LogP contribution in [0.3, 0.4) is 0 Å². The van der Waals surface area contributed by atoms with Crippen LogP contribution >= 0.6 is 0 Å². The van der Waals surface area contributed by atoms with Crippen molar-refractivity contribution in [2.45, 2.75) is 17.9 Å². The highest BCUT2D eigenvalue weighted by Crippen LogP contribution is 2.41. The van der Waals surface area contributed by atoms with Crippen molar-refractivity contribution in [1.82, 2.24) is 19.9 Å². The van der Waals surface area contributed by atoms with E-state index in [0.29, 0.717) is 35.2 Å². The number of hydrogen-bond donors (Lipinski definition) is 0. The number of hydrogen-bond acceptors (Lipinski definition) is 8. The van der Waals surface area contributed by atoms with E-state index in [0.717, 1.165) is 23.2 Å². The van der Waals surface area contributed by atoms with Crippen molar-refractivity contribution in [3.63, 3.8) is 0 Å². The Morgan fingerprint density at radius 3 is 2.67 bits per heavy atom. The zero-order valence-electron chi connectivity index (χ0n) is 18.4. The number of anilines is 2. The van der Waals surface area contributed by atoms with Gasteiger partial charge in [-0.2, -0.15) is 0 Å². The number of fused-ring (bicyclic) bond motifs is 2. The molecule has 0 aliphatic carbocycles. The molecule has 0 saturated heterocycles. The number of carbonyl (C=O) groups is 1. The maximum atomic E-state index is 12.5. The van der Waals surface area contributed by atoms with Gasteiger partial charge in [0.2, 0.25) is 0 Å². The first-order valence-corrected chi connectivity index (χ1v) is 12.4. The number of benzene rings is 1. The molecule has 0 bridgehead atoms. The quantitative estimate of drug-likeness (QED) is 0.564. The third-order valence-electron chi connectivity index (χ3n) is 5.80. The second-order valence-electron chi connectivity index (χ2n) is 8.33. The van der Waals surface area contributed by atoms with Gasteiger partial charge in [0, 0.05) is 55.9 Å². The molecule has 1 amide bonds. The molecule has 10 heteroatoms. The summed E-state index contributed by atoms with van der Waals surface area (Å²) in [7, 11) is 0.0850. The Bertz CT molecular complexity index is 1340. The summed E-state index contributed by atoms with van der Waals surface area (Å²) in [6.45, 7) is 0.605. The Kier molecular flexibility index (Phi) is 5.24. The van der Waals surface area contributed by atoms with E-state index in [2.05, 4.69) is 9.97 Å². The van der Waals surface area contributed by atoms with Crippen molar-refractivity contribution in [2.75, 3.05) is 32.1 Å². The number of aromatic nitrogens is 3. The van der Waals surface area contributed by atoms with Crippen molar-refractivity contribution in [1.29, 1.82) is 0 Å². The van der Waals surface area contributed by atoms with Gasteiger partial charge in [-0.25, -0.2) is 18.4 Å². The van der Waals surface area contributed by atoms with Crippen LogP contribution < -0.4 is 9.64 Å². The fraction of sp³-hybridized carbons (Fsp3) is 0.304. The molecule has 2 aliphatic rings. The van der Waals surface area contributed by atoms with Gasteiger partial charge in [-0.05, 0) is 30.2 Å². The first-order chi connectivity index (χ1) is 15.8. The van der Waals surface area contributed by atoms with Gasteiger partial charge < -0.3 is 14.5 Å². The van der Waals surface area contributed by atoms with Crippen LogP contribution in [-0.4, -0.2) is 61.4 Å². The fourth-order valence-electron chi connectivity index (χ4n) is 4.06. The zero-order chi connectivity index (χ0) is 23.2. The van der Waals surface area contributed by atoms with Gasteiger partial charge in [-0.15, -0.1) is 0 Å². The highest BCUT2D eigenvalue weighted by atomic mass is 32.2. The lowest BCUT2D eigenvalue weighted by atomic mass is 10.1. The van der Waals surface area contributed by atoms with Crippen LogP contribution in [0.2, 0.25) is 0 Å². The van der Waals surface area contributed by atoms with Crippen LogP contribution in [0.15, 0.2) is 42.7 Å². The number of sulfone groups is 1. The first-order valence-electron chi connectivity index (χ1n) is 10.5. The zero-order valence-corrected chi connectivity index (χ0v) is 19.2. The average molecular weight is 466 g/mol. The normalized spacial score (nSPS) is 15.8. The summed E-state index contributed by atoms with van der Waals surface area (Å²) in [5.74, 6) is 1.35. The number of nitrogens with zero attached hydrogens (tertiary/aromatic N) is 5. The number of rotatable bonds is 5. The third-order valence-corrected chi connectivity index (χ3v) is 7.24. The molecule has 170 valence electrons. The van der Waals surface area contributed by atoms with E-state index < -0.39 is 9.84 Å². The molecule has 3 aromatic rings. The molecule has 2 aromatic heterocycles. The second-order valence-corrected chi connectivity index (χ2v) is 10.4. The van der Waals surface area contributed by atoms with Gasteiger partial charge in [-0.3, -0.25) is 9.78 Å². The summed E-state index contributed by atoms with van der Waals surface area (Å²) < 4.78 is 30.6. The highest BCUT2D eigenvalue weighted by Gasteiger charge is 2.34. The molecule has 2 aliphatic heterocycles. The van der Waals surface area contributed by atoms with Crippen molar-refractivity contribution in [2.24, 2.45) is 0 Å². The topological polar surface area (TPSA) is 106 Å². The van der Waals surface area contributed by atoms with Crippen LogP contribution in [0.4, 0.5) is 11.5 Å². The largest absolute Gasteiger partial charge is 0.484 e. The minimum Gasteiger partial charge on any atom is -0.484 e. The number of pyridine rings is 1. The van der Waals surface area contributed by atoms with E-state index in [1.54, 1.807) is 38.6 Å². The Morgan fingerprint density at radius 2 is 1.91 bits per heavy atom. The molecule has 0 spiro atoms. The van der Waals surface area contributed by atoms with E-state index in [-0.39, 0.29) is 24.0 Å². The Labute approximate surface area is 192 Å². The second kappa shape index (κ2) is 8.11. The van der Waals surface area contributed by atoms with Crippen LogP contribution in [0.1, 0.15) is 16.8 Å². The van der Waals surface area contributed by atoms with Crippen LogP contribution in [0.25, 0.3) is 11.4 Å². The summed E-state index contributed by atoms with van der Waals surface area (Å²) in [5, 5.41) is 0. The summed E-state index contributed by atoms with van der Waals surface area (Å²) in [4.78, 5) is 28.8. The molecule has 33 heavy (non-hydrogen) atoms. The minimum atomic E-state index is -3.28. The van der Waals surface area contributed by atoms with E-state index in [4.69, 9.17) is 9.72 Å². The summed E-state index contributed by atoms with van der Waals surface area (Å²) >= 11 is 0. The number of ether oxygens (including phenoxy) is 1. The van der Waals surface area contributed by atoms with Gasteiger partial charge >= 0.3 is 0 Å². The minimum absolute atomic E-state index is 0.0564. The molecular weight excluding hydrogens is 442 g/mol. The molecule has 0 radical (unpaired) electrons. The molecule has 4 heterocycles. The Morgan fingerprint density at radius 1 is 1.12 bits per heavy atom. The van der Waals surface area contributed by atoms with Gasteiger partial charge in [0.25, 0.3) is 5.91 Å². The highest BCUT2D eigenvalue weighted by molar-refractivity contribution is 7.90. The lowest BCUT2D eigenvalue weighted by Crippen LogP contribution is -2.27. The summed E-state index contributed by atoms with van der Waals surface area (Å²) in [6.07, 6.45) is 4.11. The third kappa shape index (κ3) is 4.13. The van der Waals surface area contributed by atoms with Crippen LogP contribution in [0.5, 0.6) is 5.75 Å². The lowest BCUT2D eigenvalue weighted by molar-refractivity contribution is -0.130. The summed E-state index contributed by atoms with van der Waals surface area (Å²) in [6, 6.07) is 9.33. The molecular formula is C23H23N5O4S.